The minimum Gasteiger partial charge on any atom is -0.390 e. The maximum Gasteiger partial charge on any atom is 0.0625 e. The third-order valence-corrected chi connectivity index (χ3v) is 11.3. The zero-order valence-corrected chi connectivity index (χ0v) is 26.1. The van der Waals surface area contributed by atoms with Crippen LogP contribution in [-0.2, 0) is 9.47 Å². The monoisotopic (exact) mass is 536 g/mol. The number of aliphatic hydroxyl groups is 2. The van der Waals surface area contributed by atoms with Gasteiger partial charge in [-0.05, 0) is 126 Å². The van der Waals surface area contributed by atoms with Gasteiger partial charge in [-0.1, -0.05) is 52.4 Å². The molecule has 4 aliphatic carbocycles. The molecule has 224 valence electrons. The lowest BCUT2D eigenvalue weighted by molar-refractivity contribution is 0.0545. The molecule has 10 atom stereocenters. The highest BCUT2D eigenvalue weighted by Crippen LogP contribution is 2.53. The van der Waals surface area contributed by atoms with E-state index in [-0.39, 0.29) is 11.2 Å². The molecule has 2 N–H and O–H groups in total. The van der Waals surface area contributed by atoms with Crippen molar-refractivity contribution in [3.63, 3.8) is 0 Å². The number of unbranched alkanes of at least 4 members (excludes halogenated alkanes) is 2. The van der Waals surface area contributed by atoms with Gasteiger partial charge in [-0.2, -0.15) is 0 Å². The summed E-state index contributed by atoms with van der Waals surface area (Å²) in [5.74, 6) is 5.06. The number of hydrogen-bond acceptors (Lipinski definition) is 4. The molecule has 0 heterocycles. The molecule has 0 aromatic carbocycles. The van der Waals surface area contributed by atoms with Gasteiger partial charge < -0.3 is 19.7 Å². The van der Waals surface area contributed by atoms with E-state index in [0.717, 1.165) is 74.0 Å². The van der Waals surface area contributed by atoms with Crippen molar-refractivity contribution in [1.82, 2.24) is 0 Å². The molecule has 10 unspecified atom stereocenters. The molecular weight excluding hydrogens is 472 g/mol. The highest BCUT2D eigenvalue weighted by atomic mass is 16.5. The maximum absolute atomic E-state index is 10.2. The average molecular weight is 537 g/mol. The number of methoxy groups -OCH3 is 2. The summed E-state index contributed by atoms with van der Waals surface area (Å²) in [7, 11) is 3.66. The van der Waals surface area contributed by atoms with E-state index in [4.69, 9.17) is 9.47 Å². The van der Waals surface area contributed by atoms with Crippen LogP contribution in [0.1, 0.15) is 143 Å². The van der Waals surface area contributed by atoms with Gasteiger partial charge in [-0.3, -0.25) is 0 Å². The van der Waals surface area contributed by atoms with Crippen LogP contribution >= 0.6 is 0 Å². The lowest BCUT2D eigenvalue weighted by Gasteiger charge is -2.21. The molecule has 4 aliphatic rings. The Morgan fingerprint density at radius 1 is 0.632 bits per heavy atom. The Morgan fingerprint density at radius 3 is 1.37 bits per heavy atom. The standard InChI is InChI=1S/2C17H32O2/c2*1-4-15(19-3)8-6-5-7-13-9-10-14-11-17(2,18)12-16(13)14/h2*13-16,18H,4-12H2,1-3H3. The molecule has 4 heteroatoms. The Balaban J connectivity index is 0.000000211. The average Bonchev–Trinajstić information content (AvgIpc) is 3.58. The molecule has 4 saturated carbocycles. The molecule has 0 saturated heterocycles. The molecular formula is C34H64O4. The minimum atomic E-state index is -0.364. The number of fused-ring (bicyclic) bond motifs is 2. The number of ether oxygens (including phenoxy) is 2. The fraction of sp³-hybridized carbons (Fsp3) is 1.00. The molecule has 0 spiro atoms. The first-order valence-electron chi connectivity index (χ1n) is 16.6. The molecule has 0 amide bonds. The number of hydrogen-bond donors (Lipinski definition) is 2. The predicted octanol–water partition coefficient (Wildman–Crippen LogP) is 8.32. The lowest BCUT2D eigenvalue weighted by Crippen LogP contribution is -2.21. The van der Waals surface area contributed by atoms with Gasteiger partial charge in [0.1, 0.15) is 0 Å². The molecule has 0 aromatic rings. The fourth-order valence-corrected chi connectivity index (χ4v) is 9.22. The molecule has 4 rings (SSSR count). The summed E-state index contributed by atoms with van der Waals surface area (Å²) in [5.41, 5.74) is -0.727. The summed E-state index contributed by atoms with van der Waals surface area (Å²) in [6, 6.07) is 0. The molecule has 38 heavy (non-hydrogen) atoms. The van der Waals surface area contributed by atoms with Crippen molar-refractivity contribution in [2.75, 3.05) is 14.2 Å². The van der Waals surface area contributed by atoms with E-state index in [1.807, 2.05) is 28.1 Å². The van der Waals surface area contributed by atoms with Gasteiger partial charge in [-0.25, -0.2) is 0 Å². The molecule has 0 aliphatic heterocycles. The van der Waals surface area contributed by atoms with Gasteiger partial charge in [0.15, 0.2) is 0 Å². The summed E-state index contributed by atoms with van der Waals surface area (Å²) in [6.45, 7) is 8.48. The maximum atomic E-state index is 10.2. The molecule has 4 nitrogen and oxygen atoms in total. The van der Waals surface area contributed by atoms with Gasteiger partial charge in [0.25, 0.3) is 0 Å². The van der Waals surface area contributed by atoms with E-state index < -0.39 is 0 Å². The molecule has 0 aromatic heterocycles. The van der Waals surface area contributed by atoms with Crippen LogP contribution in [0.3, 0.4) is 0 Å². The Labute approximate surface area is 236 Å². The predicted molar refractivity (Wildman–Crippen MR) is 158 cm³/mol. The first-order valence-corrected chi connectivity index (χ1v) is 16.6. The van der Waals surface area contributed by atoms with Crippen molar-refractivity contribution in [3.05, 3.63) is 0 Å². The van der Waals surface area contributed by atoms with E-state index >= 15 is 0 Å². The van der Waals surface area contributed by atoms with E-state index in [1.54, 1.807) is 0 Å². The summed E-state index contributed by atoms with van der Waals surface area (Å²) >= 11 is 0. The van der Waals surface area contributed by atoms with Crippen LogP contribution in [0.25, 0.3) is 0 Å². The van der Waals surface area contributed by atoms with Gasteiger partial charge in [0, 0.05) is 14.2 Å². The van der Waals surface area contributed by atoms with Gasteiger partial charge in [0.2, 0.25) is 0 Å². The van der Waals surface area contributed by atoms with Crippen molar-refractivity contribution >= 4 is 0 Å². The highest BCUT2D eigenvalue weighted by molar-refractivity contribution is 4.99. The van der Waals surface area contributed by atoms with Crippen LogP contribution in [0.4, 0.5) is 0 Å². The van der Waals surface area contributed by atoms with Crippen molar-refractivity contribution in [2.45, 2.75) is 167 Å². The van der Waals surface area contributed by atoms with Crippen LogP contribution in [-0.4, -0.2) is 47.8 Å². The van der Waals surface area contributed by atoms with Crippen LogP contribution < -0.4 is 0 Å². The SMILES string of the molecule is CCC(CCCCC1CCC2CC(C)(O)CC12)OC.CCC(CCCCC1CCC2CC(C)(O)CC12)OC. The van der Waals surface area contributed by atoms with Crippen LogP contribution in [0.5, 0.6) is 0 Å². The first-order chi connectivity index (χ1) is 18.1. The Hall–Kier alpha value is -0.160. The fourth-order valence-electron chi connectivity index (χ4n) is 9.22. The first kappa shape index (κ1) is 32.4. The molecule has 0 radical (unpaired) electrons. The van der Waals surface area contributed by atoms with E-state index in [1.165, 1.54) is 77.0 Å². The molecule has 0 bridgehead atoms. The van der Waals surface area contributed by atoms with Crippen LogP contribution in [0, 0.1) is 35.5 Å². The second-order valence-electron chi connectivity index (χ2n) is 14.4. The zero-order chi connectivity index (χ0) is 27.8. The van der Waals surface area contributed by atoms with Crippen molar-refractivity contribution in [1.29, 1.82) is 0 Å². The van der Waals surface area contributed by atoms with Crippen molar-refractivity contribution in [3.8, 4) is 0 Å². The van der Waals surface area contributed by atoms with E-state index in [9.17, 15) is 10.2 Å². The zero-order valence-electron chi connectivity index (χ0n) is 26.1. The van der Waals surface area contributed by atoms with Crippen molar-refractivity contribution in [2.24, 2.45) is 35.5 Å². The van der Waals surface area contributed by atoms with E-state index in [2.05, 4.69) is 13.8 Å². The summed E-state index contributed by atoms with van der Waals surface area (Å²) in [4.78, 5) is 0. The van der Waals surface area contributed by atoms with Crippen molar-refractivity contribution < 1.29 is 19.7 Å². The van der Waals surface area contributed by atoms with Crippen LogP contribution in [0.2, 0.25) is 0 Å². The second-order valence-corrected chi connectivity index (χ2v) is 14.4. The smallest absolute Gasteiger partial charge is 0.0625 e. The van der Waals surface area contributed by atoms with Gasteiger partial charge in [-0.15, -0.1) is 0 Å². The second kappa shape index (κ2) is 15.2. The number of rotatable bonds is 14. The largest absolute Gasteiger partial charge is 0.390 e. The highest BCUT2D eigenvalue weighted by Gasteiger charge is 2.48. The topological polar surface area (TPSA) is 58.9 Å². The minimum absolute atomic E-state index is 0.364. The lowest BCUT2D eigenvalue weighted by atomic mass is 9.87. The normalized spacial score (nSPS) is 39.5. The Bertz CT molecular complexity index is 597. The summed E-state index contributed by atoms with van der Waals surface area (Å²) in [5, 5.41) is 20.4. The summed E-state index contributed by atoms with van der Waals surface area (Å²) in [6.07, 6.45) is 23.4. The van der Waals surface area contributed by atoms with Gasteiger partial charge in [0.05, 0.1) is 23.4 Å². The Morgan fingerprint density at radius 2 is 1.03 bits per heavy atom. The summed E-state index contributed by atoms with van der Waals surface area (Å²) < 4.78 is 10.9. The Kier molecular flexibility index (Phi) is 12.9. The van der Waals surface area contributed by atoms with Gasteiger partial charge >= 0.3 is 0 Å². The van der Waals surface area contributed by atoms with E-state index in [0.29, 0.717) is 12.2 Å². The third-order valence-electron chi connectivity index (χ3n) is 11.3. The van der Waals surface area contributed by atoms with Crippen LogP contribution in [0.15, 0.2) is 0 Å². The molecule has 4 fully saturated rings. The third kappa shape index (κ3) is 9.45. The quantitative estimate of drug-likeness (QED) is 0.219.